The molecule has 2 aromatic carbocycles. The van der Waals surface area contributed by atoms with Crippen molar-refractivity contribution < 1.29 is 13.2 Å². The summed E-state index contributed by atoms with van der Waals surface area (Å²) in [7, 11) is -3.95. The van der Waals surface area contributed by atoms with E-state index in [1.54, 1.807) is 6.92 Å². The van der Waals surface area contributed by atoms with Gasteiger partial charge in [-0.25, -0.2) is 8.42 Å². The Morgan fingerprint density at radius 2 is 1.79 bits per heavy atom. The molecule has 1 atom stereocenters. The number of aryl methyl sites for hydroxylation is 1. The summed E-state index contributed by atoms with van der Waals surface area (Å²) in [5.74, 6) is -0.255. The van der Waals surface area contributed by atoms with E-state index in [1.165, 1.54) is 0 Å². The Bertz CT molecular complexity index is 1070. The van der Waals surface area contributed by atoms with Crippen LogP contribution in [0.4, 0.5) is 5.13 Å². The van der Waals surface area contributed by atoms with Crippen LogP contribution in [0.5, 0.6) is 0 Å². The molecule has 146 valence electrons. The fourth-order valence-corrected chi connectivity index (χ4v) is 4.75. The van der Waals surface area contributed by atoms with Crippen LogP contribution < -0.4 is 10.0 Å². The second kappa shape index (κ2) is 8.59. The molecule has 28 heavy (non-hydrogen) atoms. The smallest absolute Gasteiger partial charge is 0.270 e. The molecule has 2 N–H and O–H groups in total. The summed E-state index contributed by atoms with van der Waals surface area (Å²) in [6, 6.07) is 16.4. The van der Waals surface area contributed by atoms with Gasteiger partial charge in [0.2, 0.25) is 15.4 Å². The molecule has 1 aromatic heterocycles. The van der Waals surface area contributed by atoms with Crippen molar-refractivity contribution in [2.45, 2.75) is 30.6 Å². The van der Waals surface area contributed by atoms with Gasteiger partial charge < -0.3 is 5.32 Å². The van der Waals surface area contributed by atoms with Gasteiger partial charge in [-0.15, -0.1) is 10.2 Å². The first-order chi connectivity index (χ1) is 13.4. The van der Waals surface area contributed by atoms with Crippen LogP contribution in [0.15, 0.2) is 58.9 Å². The molecule has 0 spiro atoms. The molecule has 0 bridgehead atoms. The van der Waals surface area contributed by atoms with E-state index in [-0.39, 0.29) is 21.8 Å². The number of rotatable bonds is 7. The van der Waals surface area contributed by atoms with Crippen molar-refractivity contribution in [2.75, 3.05) is 5.32 Å². The zero-order valence-corrected chi connectivity index (χ0v) is 17.0. The van der Waals surface area contributed by atoms with Gasteiger partial charge in [0, 0.05) is 6.42 Å². The molecule has 7 nitrogen and oxygen atoms in total. The van der Waals surface area contributed by atoms with Gasteiger partial charge in [0.15, 0.2) is 0 Å². The molecule has 1 amide bonds. The lowest BCUT2D eigenvalue weighted by atomic mass is 9.98. The molecule has 1 heterocycles. The Kier molecular flexibility index (Phi) is 6.18. The Labute approximate surface area is 167 Å². The monoisotopic (exact) mass is 416 g/mol. The number of nitrogens with one attached hydrogen (secondary N) is 2. The number of anilines is 1. The third-order valence-corrected chi connectivity index (χ3v) is 6.61. The highest BCUT2D eigenvalue weighted by Crippen LogP contribution is 2.27. The van der Waals surface area contributed by atoms with E-state index in [4.69, 9.17) is 0 Å². The number of hydrogen-bond acceptors (Lipinski definition) is 6. The van der Waals surface area contributed by atoms with Gasteiger partial charge in [-0.1, -0.05) is 78.4 Å². The minimum atomic E-state index is -3.95. The zero-order chi connectivity index (χ0) is 20.1. The third-order valence-electron chi connectivity index (χ3n) is 3.99. The fraction of sp³-hybridized carbons (Fsp3) is 0.211. The Balaban J connectivity index is 1.93. The summed E-state index contributed by atoms with van der Waals surface area (Å²) in [4.78, 5) is 11.5. The van der Waals surface area contributed by atoms with Crippen molar-refractivity contribution in [1.29, 1.82) is 0 Å². The number of nitrogens with zero attached hydrogens (tertiary/aromatic N) is 2. The maximum absolute atomic E-state index is 12.9. The second-order valence-electron chi connectivity index (χ2n) is 6.15. The van der Waals surface area contributed by atoms with Crippen LogP contribution in [0.2, 0.25) is 0 Å². The highest BCUT2D eigenvalue weighted by molar-refractivity contribution is 7.91. The second-order valence-corrected chi connectivity index (χ2v) is 9.02. The standard InChI is InChI=1S/C19H20N4O3S2/c1-3-16(24)20-18-21-22-19(27-18)28(25,26)23-17(14-9-5-4-6-10-14)15-11-7-8-13(2)12-15/h4-12,17,23H,3H2,1-2H3,(H,20,21,24)/t17-/m1/s1. The zero-order valence-electron chi connectivity index (χ0n) is 15.4. The van der Waals surface area contributed by atoms with E-state index >= 15 is 0 Å². The van der Waals surface area contributed by atoms with E-state index < -0.39 is 16.1 Å². The van der Waals surface area contributed by atoms with Gasteiger partial charge in [-0.3, -0.25) is 4.79 Å². The van der Waals surface area contributed by atoms with E-state index in [0.29, 0.717) is 0 Å². The van der Waals surface area contributed by atoms with Gasteiger partial charge in [-0.05, 0) is 18.1 Å². The number of aromatic nitrogens is 2. The average Bonchev–Trinajstić information content (AvgIpc) is 3.16. The molecular formula is C19H20N4O3S2. The topological polar surface area (TPSA) is 101 Å². The maximum atomic E-state index is 12.9. The Morgan fingerprint density at radius 3 is 2.46 bits per heavy atom. The van der Waals surface area contributed by atoms with Crippen molar-refractivity contribution in [1.82, 2.24) is 14.9 Å². The molecule has 0 unspecified atom stereocenters. The molecule has 9 heteroatoms. The van der Waals surface area contributed by atoms with Crippen LogP contribution in [0.3, 0.4) is 0 Å². The SMILES string of the molecule is CCC(=O)Nc1nnc(S(=O)(=O)N[C@H](c2ccccc2)c2cccc(C)c2)s1. The van der Waals surface area contributed by atoms with Gasteiger partial charge in [-0.2, -0.15) is 4.72 Å². The summed E-state index contributed by atoms with van der Waals surface area (Å²) in [5.41, 5.74) is 2.65. The summed E-state index contributed by atoms with van der Waals surface area (Å²) in [6.07, 6.45) is 0.267. The Hall–Kier alpha value is -2.62. The normalized spacial score (nSPS) is 12.5. The minimum Gasteiger partial charge on any atom is -0.301 e. The van der Waals surface area contributed by atoms with E-state index in [2.05, 4.69) is 20.2 Å². The molecule has 0 aliphatic carbocycles. The van der Waals surface area contributed by atoms with Gasteiger partial charge in [0.05, 0.1) is 6.04 Å². The lowest BCUT2D eigenvalue weighted by molar-refractivity contribution is -0.115. The molecule has 0 fully saturated rings. The van der Waals surface area contributed by atoms with E-state index in [0.717, 1.165) is 28.0 Å². The molecular weight excluding hydrogens is 396 g/mol. The molecule has 0 aliphatic heterocycles. The van der Waals surface area contributed by atoms with Crippen molar-refractivity contribution >= 4 is 32.4 Å². The molecule has 0 aliphatic rings. The number of sulfonamides is 1. The van der Waals surface area contributed by atoms with Crippen molar-refractivity contribution in [3.63, 3.8) is 0 Å². The summed E-state index contributed by atoms with van der Waals surface area (Å²) in [5, 5.41) is 10.2. The Morgan fingerprint density at radius 1 is 1.07 bits per heavy atom. The van der Waals surface area contributed by atoms with Crippen LogP contribution in [0.25, 0.3) is 0 Å². The largest absolute Gasteiger partial charge is 0.301 e. The van der Waals surface area contributed by atoms with Crippen LogP contribution >= 0.6 is 11.3 Å². The predicted molar refractivity (Wildman–Crippen MR) is 109 cm³/mol. The lowest BCUT2D eigenvalue weighted by Gasteiger charge is -2.19. The molecule has 3 aromatic rings. The fourth-order valence-electron chi connectivity index (χ4n) is 2.61. The number of hydrogen-bond donors (Lipinski definition) is 2. The first kappa shape index (κ1) is 20.1. The van der Waals surface area contributed by atoms with Crippen molar-refractivity contribution in [3.8, 4) is 0 Å². The van der Waals surface area contributed by atoms with Crippen LogP contribution in [-0.4, -0.2) is 24.5 Å². The molecule has 3 rings (SSSR count). The predicted octanol–water partition coefficient (Wildman–Crippen LogP) is 3.26. The number of benzene rings is 2. The summed E-state index contributed by atoms with van der Waals surface area (Å²) >= 11 is 0.814. The van der Waals surface area contributed by atoms with Crippen molar-refractivity contribution in [3.05, 3.63) is 71.3 Å². The first-order valence-electron chi connectivity index (χ1n) is 8.66. The van der Waals surface area contributed by atoms with Gasteiger partial charge in [0.25, 0.3) is 10.0 Å². The molecule has 0 saturated heterocycles. The lowest BCUT2D eigenvalue weighted by Crippen LogP contribution is -2.29. The first-order valence-corrected chi connectivity index (χ1v) is 11.0. The van der Waals surface area contributed by atoms with E-state index in [9.17, 15) is 13.2 Å². The van der Waals surface area contributed by atoms with E-state index in [1.807, 2.05) is 61.5 Å². The highest BCUT2D eigenvalue weighted by Gasteiger charge is 2.26. The molecule has 0 radical (unpaired) electrons. The maximum Gasteiger partial charge on any atom is 0.270 e. The summed E-state index contributed by atoms with van der Waals surface area (Å²) < 4.78 is 28.4. The molecule has 0 saturated carbocycles. The van der Waals surface area contributed by atoms with Crippen molar-refractivity contribution in [2.24, 2.45) is 0 Å². The minimum absolute atomic E-state index is 0.152. The van der Waals surface area contributed by atoms with Gasteiger partial charge >= 0.3 is 0 Å². The number of carbonyl (C=O) groups is 1. The van der Waals surface area contributed by atoms with Gasteiger partial charge in [0.1, 0.15) is 0 Å². The quantitative estimate of drug-likeness (QED) is 0.576. The number of carbonyl (C=O) groups excluding carboxylic acids is 1. The summed E-state index contributed by atoms with van der Waals surface area (Å²) in [6.45, 7) is 3.65. The third kappa shape index (κ3) is 4.80. The van der Waals surface area contributed by atoms with Crippen LogP contribution in [-0.2, 0) is 14.8 Å². The average molecular weight is 417 g/mol. The van der Waals surface area contributed by atoms with Crippen LogP contribution in [0, 0.1) is 6.92 Å². The number of amides is 1. The van der Waals surface area contributed by atoms with Crippen LogP contribution in [0.1, 0.15) is 36.1 Å². The highest BCUT2D eigenvalue weighted by atomic mass is 32.2.